The smallest absolute Gasteiger partial charge is 0.543 e. The molecule has 0 heterocycles. The first-order chi connectivity index (χ1) is 10.6. The largest absolute Gasteiger partial charge is 1.00 e. The van der Waals surface area contributed by atoms with Gasteiger partial charge in [0.1, 0.15) is 0 Å². The Hall–Kier alpha value is 3.76. The molecule has 0 aromatic heterocycles. The zero-order valence-electron chi connectivity index (χ0n) is 18.5. The Kier molecular flexibility index (Phi) is 123. The third-order valence-corrected chi connectivity index (χ3v) is 0.667. The molecule has 0 spiro atoms. The van der Waals surface area contributed by atoms with E-state index in [0.717, 1.165) is 0 Å². The van der Waals surface area contributed by atoms with Crippen LogP contribution in [0.4, 0.5) is 0 Å². The van der Waals surface area contributed by atoms with Crippen molar-refractivity contribution in [2.45, 2.75) is 0 Å². The molecule has 0 bridgehead atoms. The van der Waals surface area contributed by atoms with Crippen molar-refractivity contribution in [3.8, 4) is 0 Å². The van der Waals surface area contributed by atoms with Gasteiger partial charge in [0.15, 0.2) is 0 Å². The Morgan fingerprint density at radius 1 is 0.219 bits per heavy atom. The van der Waals surface area contributed by atoms with Gasteiger partial charge in [0.05, 0.1) is 47.8 Å². The van der Waals surface area contributed by atoms with Crippen molar-refractivity contribution in [3.05, 3.63) is 0 Å². The van der Waals surface area contributed by atoms with Crippen LogP contribution in [0.5, 0.6) is 0 Å². The second-order valence-corrected chi connectivity index (χ2v) is 2.30. The Bertz CT molecular complexity index is 408. The molecule has 0 rings (SSSR count). The maximum Gasteiger partial charge on any atom is 1.00 e. The summed E-state index contributed by atoms with van der Waals surface area (Å²) in [7, 11) is 0. The zero-order valence-corrected chi connectivity index (χ0v) is 34.5. The molecule has 0 radical (unpaired) electrons. The molecule has 32 heavy (non-hydrogen) atoms. The van der Waals surface area contributed by atoms with Crippen LogP contribution < -0.4 is 277 Å². The van der Waals surface area contributed by atoms with E-state index in [2.05, 4.69) is 0 Å². The van der Waals surface area contributed by atoms with Gasteiger partial charge in [-0.05, 0) is 0 Å². The average molecular weight is 536 g/mol. The van der Waals surface area contributed by atoms with Gasteiger partial charge in [0.2, 0.25) is 0 Å². The van der Waals surface area contributed by atoms with Crippen LogP contribution in [-0.4, -0.2) is 47.8 Å². The van der Waals surface area contributed by atoms with Crippen LogP contribution in [0.1, 0.15) is 0 Å². The van der Waals surface area contributed by atoms with Crippen LogP contribution in [0, 0.1) is 0 Å². The Morgan fingerprint density at radius 2 is 0.250 bits per heavy atom. The predicted molar refractivity (Wildman–Crippen MR) is 40.1 cm³/mol. The molecular formula is C8Na8O16. The molecular weight excluding hydrogens is 536 g/mol. The van der Waals surface area contributed by atoms with Crippen molar-refractivity contribution in [2.75, 3.05) is 0 Å². The first-order valence-electron chi connectivity index (χ1n) is 4.27. The molecule has 24 heteroatoms. The van der Waals surface area contributed by atoms with Gasteiger partial charge >= 0.3 is 236 Å². The molecule has 0 saturated carbocycles. The standard InChI is InChI=1S/4C2H2O4.8Na/c4*3-1(4)2(5)6;;;;;;;;/h4*(H,3,4)(H,5,6);;;;;;;;/q;;;;8*+1/p-8. The number of rotatable bonds is 0. The van der Waals surface area contributed by atoms with Crippen LogP contribution in [0.15, 0.2) is 0 Å². The number of hydrogen-bond acceptors (Lipinski definition) is 16. The van der Waals surface area contributed by atoms with Crippen LogP contribution in [-0.2, 0) is 38.4 Å². The van der Waals surface area contributed by atoms with E-state index in [1.54, 1.807) is 0 Å². The molecule has 0 unspecified atom stereocenters. The number of hydrogen-bond donors (Lipinski definition) is 0. The summed E-state index contributed by atoms with van der Waals surface area (Å²) in [5.41, 5.74) is 0. The fourth-order valence-electron chi connectivity index (χ4n) is 0. The Balaban J connectivity index is -0.0000000154. The third kappa shape index (κ3) is 92.8. The maximum absolute atomic E-state index is 8.93. The van der Waals surface area contributed by atoms with E-state index in [9.17, 15) is 0 Å². The minimum atomic E-state index is -2.19. The zero-order chi connectivity index (χ0) is 20.6. The van der Waals surface area contributed by atoms with Gasteiger partial charge in [-0.25, -0.2) is 0 Å². The van der Waals surface area contributed by atoms with Crippen LogP contribution in [0.25, 0.3) is 0 Å². The molecule has 16 nitrogen and oxygen atoms in total. The SMILES string of the molecule is O=C([O-])C(=O)[O-].O=C([O-])C(=O)[O-].O=C([O-])C(=O)[O-].O=C([O-])C(=O)[O-].[Na+].[Na+].[Na+].[Na+].[Na+].[Na+].[Na+].[Na+]. The Labute approximate surface area is 355 Å². The molecule has 0 aliphatic carbocycles. The minimum absolute atomic E-state index is 0. The maximum atomic E-state index is 8.93. The van der Waals surface area contributed by atoms with Gasteiger partial charge in [0, 0.05) is 0 Å². The molecule has 136 valence electrons. The second kappa shape index (κ2) is 51.4. The summed E-state index contributed by atoms with van der Waals surface area (Å²) in [5.74, 6) is -17.5. The van der Waals surface area contributed by atoms with Crippen molar-refractivity contribution >= 4 is 47.8 Å². The molecule has 0 aromatic carbocycles. The van der Waals surface area contributed by atoms with Crippen LogP contribution in [0.2, 0.25) is 0 Å². The van der Waals surface area contributed by atoms with E-state index < -0.39 is 47.8 Å². The van der Waals surface area contributed by atoms with Gasteiger partial charge in [-0.15, -0.1) is 0 Å². The van der Waals surface area contributed by atoms with E-state index in [0.29, 0.717) is 0 Å². The number of carbonyl (C=O) groups excluding carboxylic acids is 8. The van der Waals surface area contributed by atoms with E-state index in [1.165, 1.54) is 0 Å². The van der Waals surface area contributed by atoms with E-state index in [4.69, 9.17) is 79.2 Å². The molecule has 0 aromatic rings. The molecule has 0 aliphatic rings. The molecule has 0 atom stereocenters. The summed E-state index contributed by atoms with van der Waals surface area (Å²) in [6.45, 7) is 0. The quantitative estimate of drug-likeness (QED) is 0.205. The normalized spacial score (nSPS) is 5.50. The summed E-state index contributed by atoms with van der Waals surface area (Å²) in [6, 6.07) is 0. The summed E-state index contributed by atoms with van der Waals surface area (Å²) in [5, 5.41) is 71.4. The van der Waals surface area contributed by atoms with Crippen LogP contribution in [0.3, 0.4) is 0 Å². The molecule has 0 fully saturated rings. The van der Waals surface area contributed by atoms with Crippen molar-refractivity contribution in [3.63, 3.8) is 0 Å². The monoisotopic (exact) mass is 536 g/mol. The first kappa shape index (κ1) is 76.5. The van der Waals surface area contributed by atoms with Gasteiger partial charge in [-0.3, -0.25) is 0 Å². The molecule has 0 saturated heterocycles. The topological polar surface area (TPSA) is 321 Å². The molecule has 0 N–H and O–H groups in total. The number of carboxylic acid groups (broad SMARTS) is 8. The minimum Gasteiger partial charge on any atom is -0.543 e. The fraction of sp³-hybridized carbons (Fsp3) is 0. The van der Waals surface area contributed by atoms with E-state index >= 15 is 0 Å². The average Bonchev–Trinajstić information content (AvgIpc) is 2.40. The summed E-state index contributed by atoms with van der Waals surface area (Å²) in [6.07, 6.45) is 0. The van der Waals surface area contributed by atoms with Crippen molar-refractivity contribution in [1.82, 2.24) is 0 Å². The van der Waals surface area contributed by atoms with Gasteiger partial charge in [0.25, 0.3) is 0 Å². The summed E-state index contributed by atoms with van der Waals surface area (Å²) < 4.78 is 0. The van der Waals surface area contributed by atoms with Gasteiger partial charge in [-0.2, -0.15) is 0 Å². The van der Waals surface area contributed by atoms with Gasteiger partial charge < -0.3 is 79.2 Å². The third-order valence-electron chi connectivity index (χ3n) is 0.667. The Morgan fingerprint density at radius 3 is 0.250 bits per heavy atom. The van der Waals surface area contributed by atoms with Crippen molar-refractivity contribution in [2.24, 2.45) is 0 Å². The summed E-state index contributed by atoms with van der Waals surface area (Å²) >= 11 is 0. The predicted octanol–water partition coefficient (Wildman–Crippen LogP) is -38.0. The summed E-state index contributed by atoms with van der Waals surface area (Å²) in [4.78, 5) is 71.4. The van der Waals surface area contributed by atoms with Crippen LogP contribution >= 0.6 is 0 Å². The van der Waals surface area contributed by atoms with Crippen molar-refractivity contribution in [1.29, 1.82) is 0 Å². The first-order valence-corrected chi connectivity index (χ1v) is 4.27. The second-order valence-electron chi connectivity index (χ2n) is 2.30. The van der Waals surface area contributed by atoms with E-state index in [-0.39, 0.29) is 236 Å². The number of carboxylic acids is 8. The molecule has 0 amide bonds. The molecule has 0 aliphatic heterocycles. The number of carbonyl (C=O) groups is 8. The number of aliphatic carboxylic acids is 8. The van der Waals surface area contributed by atoms with Gasteiger partial charge in [-0.1, -0.05) is 0 Å². The van der Waals surface area contributed by atoms with E-state index in [1.807, 2.05) is 0 Å². The fourth-order valence-corrected chi connectivity index (χ4v) is 0. The van der Waals surface area contributed by atoms with Crippen molar-refractivity contribution < 1.29 is 316 Å².